The summed E-state index contributed by atoms with van der Waals surface area (Å²) in [6.45, 7) is 8.94. The Labute approximate surface area is 150 Å². The number of hydrogen-bond acceptors (Lipinski definition) is 1. The van der Waals surface area contributed by atoms with Gasteiger partial charge in [0.05, 0.1) is 0 Å². The highest BCUT2D eigenvalue weighted by atomic mass is 19.3. The Bertz CT molecular complexity index is 597. The maximum absolute atomic E-state index is 13.3. The van der Waals surface area contributed by atoms with E-state index in [-0.39, 0.29) is 12.8 Å². The molecule has 1 nitrogen and oxygen atoms in total. The summed E-state index contributed by atoms with van der Waals surface area (Å²) in [6, 6.07) is 0. The number of halogens is 2. The van der Waals surface area contributed by atoms with E-state index < -0.39 is 12.0 Å². The van der Waals surface area contributed by atoms with Gasteiger partial charge in [-0.25, -0.2) is 8.78 Å². The second-order valence-corrected chi connectivity index (χ2v) is 9.70. The lowest BCUT2D eigenvalue weighted by atomic mass is 9.51. The third-order valence-electron chi connectivity index (χ3n) is 8.54. The zero-order chi connectivity index (χ0) is 18.0. The summed E-state index contributed by atoms with van der Waals surface area (Å²) in [4.78, 5) is 0. The van der Waals surface area contributed by atoms with Gasteiger partial charge in [-0.2, -0.15) is 0 Å². The van der Waals surface area contributed by atoms with Crippen LogP contribution in [-0.2, 0) is 0 Å². The van der Waals surface area contributed by atoms with E-state index in [1.54, 1.807) is 0 Å². The number of aliphatic hydroxyl groups is 1. The number of hydrogen-bond donors (Lipinski definition) is 1. The molecule has 7 atom stereocenters. The molecule has 0 saturated heterocycles. The van der Waals surface area contributed by atoms with Crippen LogP contribution >= 0.6 is 0 Å². The van der Waals surface area contributed by atoms with Gasteiger partial charge in [0.1, 0.15) is 5.60 Å². The van der Waals surface area contributed by atoms with Crippen molar-refractivity contribution < 1.29 is 13.9 Å². The summed E-state index contributed by atoms with van der Waals surface area (Å²) in [5.74, 6) is 3.19. The largest absolute Gasteiger partial charge is 0.384 e. The van der Waals surface area contributed by atoms with Crippen LogP contribution in [0.5, 0.6) is 0 Å². The van der Waals surface area contributed by atoms with Gasteiger partial charge < -0.3 is 5.11 Å². The van der Waals surface area contributed by atoms with E-state index in [9.17, 15) is 13.9 Å². The molecular weight excluding hydrogens is 318 g/mol. The average molecular weight is 350 g/mol. The molecule has 4 rings (SSSR count). The lowest BCUT2D eigenvalue weighted by Crippen LogP contribution is -2.49. The highest BCUT2D eigenvalue weighted by molar-refractivity contribution is 5.23. The van der Waals surface area contributed by atoms with Crippen molar-refractivity contribution in [1.82, 2.24) is 0 Å². The topological polar surface area (TPSA) is 20.2 Å². The van der Waals surface area contributed by atoms with Gasteiger partial charge in [0, 0.05) is 6.42 Å². The molecule has 0 bridgehead atoms. The molecule has 3 fully saturated rings. The molecule has 3 heteroatoms. The third-order valence-corrected chi connectivity index (χ3v) is 8.54. The number of rotatable bonds is 2. The first-order valence-corrected chi connectivity index (χ1v) is 10.1. The molecule has 0 radical (unpaired) electrons. The fraction of sp³-hybridized carbons (Fsp3) is 0.818. The first-order valence-electron chi connectivity index (χ1n) is 10.1. The highest BCUT2D eigenvalue weighted by Crippen LogP contribution is 2.64. The number of alkyl halides is 2. The maximum Gasteiger partial charge on any atom is 0.267 e. The Morgan fingerprint density at radius 1 is 1.20 bits per heavy atom. The molecule has 0 aromatic heterocycles. The molecule has 3 saturated carbocycles. The van der Waals surface area contributed by atoms with Crippen LogP contribution in [0.1, 0.15) is 65.2 Å². The molecule has 0 spiro atoms. The summed E-state index contributed by atoms with van der Waals surface area (Å²) in [5, 5.41) is 10.3. The number of fused-ring (bicyclic) bond motifs is 5. The monoisotopic (exact) mass is 350 g/mol. The minimum absolute atomic E-state index is 0.189. The van der Waals surface area contributed by atoms with E-state index in [1.807, 2.05) is 0 Å². The van der Waals surface area contributed by atoms with E-state index in [0.29, 0.717) is 29.1 Å². The fourth-order valence-corrected chi connectivity index (χ4v) is 7.32. The minimum atomic E-state index is -2.63. The van der Waals surface area contributed by atoms with E-state index in [1.165, 1.54) is 31.3 Å². The van der Waals surface area contributed by atoms with Gasteiger partial charge in [-0.3, -0.25) is 0 Å². The van der Waals surface area contributed by atoms with Crippen LogP contribution < -0.4 is 0 Å². The second-order valence-electron chi connectivity index (χ2n) is 9.70. The van der Waals surface area contributed by atoms with Crippen LogP contribution in [-0.4, -0.2) is 17.1 Å². The molecule has 0 unspecified atom stereocenters. The highest BCUT2D eigenvalue weighted by Gasteiger charge is 2.57. The van der Waals surface area contributed by atoms with Crippen molar-refractivity contribution in [2.24, 2.45) is 35.0 Å². The quantitative estimate of drug-likeness (QED) is 0.629. The van der Waals surface area contributed by atoms with E-state index in [0.717, 1.165) is 24.3 Å². The fourth-order valence-electron chi connectivity index (χ4n) is 7.32. The Morgan fingerprint density at radius 2 is 1.96 bits per heavy atom. The van der Waals surface area contributed by atoms with Gasteiger partial charge in [0.15, 0.2) is 0 Å². The van der Waals surface area contributed by atoms with Gasteiger partial charge in [0.25, 0.3) is 6.43 Å². The van der Waals surface area contributed by atoms with Crippen LogP contribution in [0, 0.1) is 35.0 Å². The lowest BCUT2D eigenvalue weighted by Gasteiger charge is -2.54. The molecule has 1 N–H and O–H groups in total. The standard InChI is InChI=1S/C22H32F2O/c1-13(2)18-6-7-19-17-5-4-14-12-22(25,20(23)24)11-9-15(14)16(17)8-10-21(18,19)3/h4,15-20,25H,1,5-12H2,2-3H3/t15-,16+,17+,18+,19-,21+,22+/m0/s1. The summed E-state index contributed by atoms with van der Waals surface area (Å²) in [5.41, 5.74) is 1.08. The Morgan fingerprint density at radius 3 is 2.64 bits per heavy atom. The third kappa shape index (κ3) is 2.56. The Hall–Kier alpha value is -0.700. The molecule has 0 aromatic rings. The average Bonchev–Trinajstić information content (AvgIpc) is 2.91. The van der Waals surface area contributed by atoms with E-state index in [2.05, 4.69) is 26.5 Å². The molecule has 4 aliphatic rings. The molecule has 0 amide bonds. The summed E-state index contributed by atoms with van der Waals surface area (Å²) < 4.78 is 26.5. The van der Waals surface area contributed by atoms with Crippen LogP contribution in [0.2, 0.25) is 0 Å². The van der Waals surface area contributed by atoms with Crippen LogP contribution in [0.15, 0.2) is 23.8 Å². The summed E-state index contributed by atoms with van der Waals surface area (Å²) in [7, 11) is 0. The van der Waals surface area contributed by atoms with Gasteiger partial charge >= 0.3 is 0 Å². The van der Waals surface area contributed by atoms with E-state index in [4.69, 9.17) is 0 Å². The van der Waals surface area contributed by atoms with Crippen molar-refractivity contribution in [3.8, 4) is 0 Å². The zero-order valence-corrected chi connectivity index (χ0v) is 15.6. The molecule has 140 valence electrons. The molecular formula is C22H32F2O. The Balaban J connectivity index is 1.58. The van der Waals surface area contributed by atoms with Gasteiger partial charge in [-0.1, -0.05) is 30.7 Å². The van der Waals surface area contributed by atoms with Crippen molar-refractivity contribution in [2.75, 3.05) is 0 Å². The predicted molar refractivity (Wildman–Crippen MR) is 96.3 cm³/mol. The van der Waals surface area contributed by atoms with E-state index >= 15 is 0 Å². The molecule has 0 heterocycles. The SMILES string of the molecule is C=C(C)[C@H]1CC[C@H]2[C@@H]3CC=C4C[C@@](O)(C(F)F)CC[C@@H]4[C@H]3CC[C@]12C. The normalized spacial score (nSPS) is 49.2. The van der Waals surface area contributed by atoms with Crippen molar-refractivity contribution in [3.05, 3.63) is 23.8 Å². The summed E-state index contributed by atoms with van der Waals surface area (Å²) in [6.07, 6.45) is 6.85. The van der Waals surface area contributed by atoms with Crippen molar-refractivity contribution in [1.29, 1.82) is 0 Å². The Kier molecular flexibility index (Phi) is 4.18. The first-order chi connectivity index (χ1) is 11.8. The smallest absolute Gasteiger partial charge is 0.267 e. The van der Waals surface area contributed by atoms with Crippen molar-refractivity contribution in [3.63, 3.8) is 0 Å². The van der Waals surface area contributed by atoms with Gasteiger partial charge in [0.2, 0.25) is 0 Å². The van der Waals surface area contributed by atoms with Crippen molar-refractivity contribution in [2.45, 2.75) is 77.2 Å². The van der Waals surface area contributed by atoms with Crippen LogP contribution in [0.25, 0.3) is 0 Å². The first kappa shape index (κ1) is 17.7. The zero-order valence-electron chi connectivity index (χ0n) is 15.6. The molecule has 0 aliphatic heterocycles. The van der Waals surface area contributed by atoms with Crippen LogP contribution in [0.3, 0.4) is 0 Å². The van der Waals surface area contributed by atoms with Crippen molar-refractivity contribution >= 4 is 0 Å². The number of allylic oxidation sites excluding steroid dienone is 2. The summed E-state index contributed by atoms with van der Waals surface area (Å²) >= 11 is 0. The van der Waals surface area contributed by atoms with Crippen LogP contribution in [0.4, 0.5) is 8.78 Å². The van der Waals surface area contributed by atoms with Gasteiger partial charge in [-0.15, -0.1) is 0 Å². The molecule has 0 aromatic carbocycles. The maximum atomic E-state index is 13.3. The minimum Gasteiger partial charge on any atom is -0.384 e. The van der Waals surface area contributed by atoms with Gasteiger partial charge in [-0.05, 0) is 86.9 Å². The lowest BCUT2D eigenvalue weighted by molar-refractivity contribution is -0.119. The molecule has 25 heavy (non-hydrogen) atoms. The second kappa shape index (κ2) is 5.90. The molecule has 4 aliphatic carbocycles. The predicted octanol–water partition coefficient (Wildman–Crippen LogP) is 5.75.